The molecular formula is C29H23F2N3O4S. The van der Waals surface area contributed by atoms with E-state index in [1.165, 1.54) is 6.07 Å². The van der Waals surface area contributed by atoms with Crippen molar-refractivity contribution in [1.82, 2.24) is 14.5 Å². The van der Waals surface area contributed by atoms with Crippen molar-refractivity contribution in [3.63, 3.8) is 0 Å². The van der Waals surface area contributed by atoms with Gasteiger partial charge in [0.05, 0.1) is 23.6 Å². The standard InChI is InChI=1S/C29H23F2N3O4S/c30-26-11-9-24(18-27(26)31)39(36,37)33-29(35)25-10-7-21(19-34-14-3-13-32-34)17-28(25)38-15-12-20-6-8-22-4-1-2-5-23(22)16-20/h1-11,13-14,16-18H,12,15,19H2,(H,33,35). The van der Waals surface area contributed by atoms with E-state index in [-0.39, 0.29) is 17.9 Å². The molecule has 39 heavy (non-hydrogen) atoms. The zero-order chi connectivity index (χ0) is 27.4. The summed E-state index contributed by atoms with van der Waals surface area (Å²) < 4.78 is 61.9. The Labute approximate surface area is 223 Å². The summed E-state index contributed by atoms with van der Waals surface area (Å²) in [4.78, 5) is 12.5. The van der Waals surface area contributed by atoms with Crippen molar-refractivity contribution in [3.05, 3.63) is 126 Å². The largest absolute Gasteiger partial charge is 0.492 e. The summed E-state index contributed by atoms with van der Waals surface area (Å²) in [6, 6.07) is 22.7. The molecule has 0 aliphatic rings. The van der Waals surface area contributed by atoms with Gasteiger partial charge in [-0.15, -0.1) is 0 Å². The minimum Gasteiger partial charge on any atom is -0.492 e. The van der Waals surface area contributed by atoms with Crippen molar-refractivity contribution < 1.29 is 26.7 Å². The molecule has 0 saturated heterocycles. The Bertz CT molecular complexity index is 1760. The van der Waals surface area contributed by atoms with Crippen molar-refractivity contribution in [2.24, 2.45) is 0 Å². The number of halogens is 2. The van der Waals surface area contributed by atoms with Crippen molar-refractivity contribution in [3.8, 4) is 5.75 Å². The summed E-state index contributed by atoms with van der Waals surface area (Å²) in [7, 11) is -4.47. The number of ether oxygens (including phenoxy) is 1. The number of benzene rings is 4. The lowest BCUT2D eigenvalue weighted by molar-refractivity contribution is 0.0977. The average Bonchev–Trinajstić information content (AvgIpc) is 3.43. The molecular weight excluding hydrogens is 524 g/mol. The Hall–Kier alpha value is -4.57. The molecule has 1 N–H and O–H groups in total. The van der Waals surface area contributed by atoms with Gasteiger partial charge in [0.2, 0.25) is 0 Å². The monoisotopic (exact) mass is 547 g/mol. The van der Waals surface area contributed by atoms with Gasteiger partial charge in [0.15, 0.2) is 11.6 Å². The number of sulfonamides is 1. The molecule has 0 saturated carbocycles. The first-order valence-electron chi connectivity index (χ1n) is 12.0. The van der Waals surface area contributed by atoms with E-state index in [9.17, 15) is 22.0 Å². The Balaban J connectivity index is 1.37. The topological polar surface area (TPSA) is 90.3 Å². The molecule has 5 rings (SSSR count). The Morgan fingerprint density at radius 3 is 2.44 bits per heavy atom. The highest BCUT2D eigenvalue weighted by Crippen LogP contribution is 2.24. The first-order chi connectivity index (χ1) is 18.8. The molecule has 7 nitrogen and oxygen atoms in total. The number of fused-ring (bicyclic) bond motifs is 1. The lowest BCUT2D eigenvalue weighted by Gasteiger charge is -2.14. The van der Waals surface area contributed by atoms with Gasteiger partial charge < -0.3 is 4.74 Å². The molecule has 0 fully saturated rings. The van der Waals surface area contributed by atoms with Gasteiger partial charge in [-0.3, -0.25) is 9.48 Å². The van der Waals surface area contributed by atoms with Crippen molar-refractivity contribution in [2.75, 3.05) is 6.61 Å². The maximum Gasteiger partial charge on any atom is 0.268 e. The van der Waals surface area contributed by atoms with Gasteiger partial charge in [-0.1, -0.05) is 48.5 Å². The highest BCUT2D eigenvalue weighted by Gasteiger charge is 2.23. The number of hydrogen-bond acceptors (Lipinski definition) is 5. The molecule has 5 aromatic rings. The molecule has 1 aromatic heterocycles. The van der Waals surface area contributed by atoms with Gasteiger partial charge in [-0.25, -0.2) is 21.9 Å². The predicted molar refractivity (Wildman–Crippen MR) is 142 cm³/mol. The van der Waals surface area contributed by atoms with E-state index in [0.29, 0.717) is 25.1 Å². The number of carbonyl (C=O) groups excluding carboxylic acids is 1. The Morgan fingerprint density at radius 1 is 0.872 bits per heavy atom. The van der Waals surface area contributed by atoms with Gasteiger partial charge in [0.25, 0.3) is 15.9 Å². The van der Waals surface area contributed by atoms with Crippen LogP contribution >= 0.6 is 0 Å². The van der Waals surface area contributed by atoms with Gasteiger partial charge in [0.1, 0.15) is 5.75 Å². The first-order valence-corrected chi connectivity index (χ1v) is 13.5. The molecule has 0 atom stereocenters. The second kappa shape index (κ2) is 11.0. The molecule has 0 radical (unpaired) electrons. The van der Waals surface area contributed by atoms with Crippen LogP contribution < -0.4 is 9.46 Å². The third kappa shape index (κ3) is 6.12. The summed E-state index contributed by atoms with van der Waals surface area (Å²) in [6.07, 6.45) is 3.98. The van der Waals surface area contributed by atoms with Crippen LogP contribution in [0.15, 0.2) is 102 Å². The van der Waals surface area contributed by atoms with E-state index in [2.05, 4.69) is 11.2 Å². The van der Waals surface area contributed by atoms with Gasteiger partial charge in [-0.2, -0.15) is 5.10 Å². The van der Waals surface area contributed by atoms with Crippen LogP contribution in [0.5, 0.6) is 5.75 Å². The number of nitrogens with zero attached hydrogens (tertiary/aromatic N) is 2. The summed E-state index contributed by atoms with van der Waals surface area (Å²) in [5.74, 6) is -3.33. The van der Waals surface area contributed by atoms with Crippen molar-refractivity contribution in [1.29, 1.82) is 0 Å². The van der Waals surface area contributed by atoms with Crippen LogP contribution in [0.25, 0.3) is 10.8 Å². The maximum absolute atomic E-state index is 13.6. The minimum absolute atomic E-state index is 0.0242. The summed E-state index contributed by atoms with van der Waals surface area (Å²) in [5, 5.41) is 6.40. The van der Waals surface area contributed by atoms with E-state index in [0.717, 1.165) is 28.0 Å². The smallest absolute Gasteiger partial charge is 0.268 e. The van der Waals surface area contributed by atoms with E-state index in [4.69, 9.17) is 4.74 Å². The van der Waals surface area contributed by atoms with Crippen LogP contribution in [0, 0.1) is 11.6 Å². The summed E-state index contributed by atoms with van der Waals surface area (Å²) >= 11 is 0. The number of nitrogens with one attached hydrogen (secondary N) is 1. The summed E-state index contributed by atoms with van der Waals surface area (Å²) in [6.45, 7) is 0.628. The fourth-order valence-corrected chi connectivity index (χ4v) is 5.08. The van der Waals surface area contributed by atoms with Gasteiger partial charge >= 0.3 is 0 Å². The number of aromatic nitrogens is 2. The zero-order valence-electron chi connectivity index (χ0n) is 20.6. The number of carbonyl (C=O) groups is 1. The van der Waals surface area contributed by atoms with Crippen LogP contribution in [0.2, 0.25) is 0 Å². The van der Waals surface area contributed by atoms with Crippen LogP contribution in [-0.4, -0.2) is 30.7 Å². The molecule has 1 heterocycles. The fraction of sp³-hybridized carbons (Fsp3) is 0.103. The predicted octanol–water partition coefficient (Wildman–Crippen LogP) is 5.10. The molecule has 0 spiro atoms. The average molecular weight is 548 g/mol. The summed E-state index contributed by atoms with van der Waals surface area (Å²) in [5.41, 5.74) is 1.79. The molecule has 198 valence electrons. The van der Waals surface area contributed by atoms with Gasteiger partial charge in [-0.05, 0) is 58.3 Å². The minimum atomic E-state index is -4.47. The van der Waals surface area contributed by atoms with E-state index in [1.807, 2.05) is 41.1 Å². The highest BCUT2D eigenvalue weighted by molar-refractivity contribution is 7.90. The van der Waals surface area contributed by atoms with E-state index >= 15 is 0 Å². The third-order valence-electron chi connectivity index (χ3n) is 6.09. The molecule has 0 aliphatic heterocycles. The SMILES string of the molecule is O=C(NS(=O)(=O)c1ccc(F)c(F)c1)c1ccc(Cn2cccn2)cc1OCCc1ccc2ccccc2c1. The van der Waals surface area contributed by atoms with Crippen LogP contribution in [-0.2, 0) is 23.0 Å². The number of hydrogen-bond donors (Lipinski definition) is 1. The zero-order valence-corrected chi connectivity index (χ0v) is 21.4. The van der Waals surface area contributed by atoms with Crippen molar-refractivity contribution >= 4 is 26.7 Å². The Kier molecular flexibility index (Phi) is 7.38. The molecule has 4 aromatic carbocycles. The second-order valence-electron chi connectivity index (χ2n) is 8.82. The lowest BCUT2D eigenvalue weighted by atomic mass is 10.1. The maximum atomic E-state index is 13.6. The normalized spacial score (nSPS) is 11.4. The van der Waals surface area contributed by atoms with Crippen LogP contribution in [0.1, 0.15) is 21.5 Å². The third-order valence-corrected chi connectivity index (χ3v) is 7.41. The molecule has 0 unspecified atom stereocenters. The number of rotatable bonds is 9. The lowest BCUT2D eigenvalue weighted by Crippen LogP contribution is -2.31. The first kappa shape index (κ1) is 26.1. The van der Waals surface area contributed by atoms with Gasteiger partial charge in [0, 0.05) is 18.8 Å². The van der Waals surface area contributed by atoms with E-state index in [1.54, 1.807) is 35.3 Å². The Morgan fingerprint density at radius 2 is 1.67 bits per heavy atom. The van der Waals surface area contributed by atoms with Crippen molar-refractivity contribution in [2.45, 2.75) is 17.9 Å². The molecule has 0 aliphatic carbocycles. The van der Waals surface area contributed by atoms with Crippen LogP contribution in [0.3, 0.4) is 0 Å². The molecule has 1 amide bonds. The number of amides is 1. The highest BCUT2D eigenvalue weighted by atomic mass is 32.2. The molecule has 10 heteroatoms. The van der Waals surface area contributed by atoms with Crippen LogP contribution in [0.4, 0.5) is 8.78 Å². The quantitative estimate of drug-likeness (QED) is 0.277. The van der Waals surface area contributed by atoms with E-state index < -0.39 is 32.5 Å². The second-order valence-corrected chi connectivity index (χ2v) is 10.5. The fourth-order valence-electron chi connectivity index (χ4n) is 4.11. The molecule has 0 bridgehead atoms.